The monoisotopic (exact) mass is 311 g/mol. The summed E-state index contributed by atoms with van der Waals surface area (Å²) in [7, 11) is -3.45. The lowest BCUT2D eigenvalue weighted by atomic mass is 10.2. The zero-order valence-electron chi connectivity index (χ0n) is 11.0. The molecule has 0 saturated carbocycles. The fourth-order valence-corrected chi connectivity index (χ4v) is 4.37. The second kappa shape index (κ2) is 7.14. The van der Waals surface area contributed by atoms with Crippen LogP contribution in [-0.2, 0) is 10.0 Å². The number of benzene rings is 1. The van der Waals surface area contributed by atoms with Gasteiger partial charge in [0.05, 0.1) is 4.90 Å². The van der Waals surface area contributed by atoms with Crippen LogP contribution in [0.15, 0.2) is 29.2 Å². The lowest BCUT2D eigenvalue weighted by Crippen LogP contribution is -2.37. The molecule has 1 fully saturated rings. The molecule has 4 nitrogen and oxygen atoms in total. The van der Waals surface area contributed by atoms with Crippen LogP contribution in [0.1, 0.15) is 18.4 Å². The van der Waals surface area contributed by atoms with Crippen LogP contribution in [0.2, 0.25) is 0 Å². The molecule has 0 atom stereocenters. The Morgan fingerprint density at radius 3 is 2.50 bits per heavy atom. The van der Waals surface area contributed by atoms with E-state index in [1.54, 1.807) is 24.3 Å². The molecule has 0 aromatic heterocycles. The Hall–Kier alpha value is -1.00. The highest BCUT2D eigenvalue weighted by Gasteiger charge is 2.21. The van der Waals surface area contributed by atoms with Gasteiger partial charge in [-0.3, -0.25) is 0 Å². The summed E-state index contributed by atoms with van der Waals surface area (Å²) in [4.78, 5) is 0.255. The minimum Gasteiger partial charge on any atom is -0.384 e. The van der Waals surface area contributed by atoms with E-state index in [2.05, 4.69) is 16.6 Å². The van der Waals surface area contributed by atoms with Gasteiger partial charge in [-0.15, -0.1) is 0 Å². The van der Waals surface area contributed by atoms with Gasteiger partial charge in [-0.25, -0.2) is 13.1 Å². The van der Waals surface area contributed by atoms with Gasteiger partial charge >= 0.3 is 0 Å². The predicted molar refractivity (Wildman–Crippen MR) is 81.1 cm³/mol. The van der Waals surface area contributed by atoms with Crippen molar-refractivity contribution in [2.45, 2.75) is 23.8 Å². The number of hydrogen-bond acceptors (Lipinski definition) is 4. The number of nitrogens with one attached hydrogen (secondary N) is 1. The van der Waals surface area contributed by atoms with Crippen molar-refractivity contribution in [2.24, 2.45) is 0 Å². The zero-order chi connectivity index (χ0) is 14.4. The molecule has 1 heterocycles. The average molecular weight is 311 g/mol. The third kappa shape index (κ3) is 4.25. The molecule has 0 bridgehead atoms. The Balaban J connectivity index is 2.08. The molecule has 1 aromatic rings. The Kier molecular flexibility index (Phi) is 5.49. The molecule has 20 heavy (non-hydrogen) atoms. The Morgan fingerprint density at radius 2 is 1.90 bits per heavy atom. The van der Waals surface area contributed by atoms with E-state index in [1.807, 2.05) is 11.8 Å². The van der Waals surface area contributed by atoms with E-state index in [-0.39, 0.29) is 17.5 Å². The maximum absolute atomic E-state index is 12.2. The number of rotatable bonds is 3. The fraction of sp³-hybridized carbons (Fsp3) is 0.429. The maximum Gasteiger partial charge on any atom is 0.240 e. The fourth-order valence-electron chi connectivity index (χ4n) is 1.96. The van der Waals surface area contributed by atoms with Crippen LogP contribution in [-0.4, -0.2) is 37.7 Å². The van der Waals surface area contributed by atoms with E-state index in [4.69, 9.17) is 5.11 Å². The molecule has 0 unspecified atom stereocenters. The highest BCUT2D eigenvalue weighted by atomic mass is 32.2. The summed E-state index contributed by atoms with van der Waals surface area (Å²) in [6, 6.07) is 6.42. The lowest BCUT2D eigenvalue weighted by Gasteiger charge is -2.22. The van der Waals surface area contributed by atoms with E-state index in [1.165, 1.54) is 0 Å². The normalized spacial score (nSPS) is 16.4. The first kappa shape index (κ1) is 15.4. The Morgan fingerprint density at radius 1 is 1.25 bits per heavy atom. The summed E-state index contributed by atoms with van der Waals surface area (Å²) in [6.45, 7) is -0.207. The summed E-state index contributed by atoms with van der Waals surface area (Å²) < 4.78 is 27.2. The molecule has 0 aliphatic carbocycles. The van der Waals surface area contributed by atoms with Gasteiger partial charge in [-0.1, -0.05) is 11.8 Å². The first-order valence-corrected chi connectivity index (χ1v) is 9.05. The number of hydrogen-bond donors (Lipinski definition) is 2. The van der Waals surface area contributed by atoms with Crippen LogP contribution in [0.3, 0.4) is 0 Å². The third-order valence-corrected chi connectivity index (χ3v) is 5.60. The van der Waals surface area contributed by atoms with Gasteiger partial charge < -0.3 is 5.11 Å². The minimum atomic E-state index is -3.45. The molecule has 0 spiro atoms. The summed E-state index contributed by atoms with van der Waals surface area (Å²) >= 11 is 1.86. The topological polar surface area (TPSA) is 66.4 Å². The molecular weight excluding hydrogens is 294 g/mol. The molecule has 1 saturated heterocycles. The predicted octanol–water partition coefficient (Wildman–Crippen LogP) is 1.20. The van der Waals surface area contributed by atoms with Crippen LogP contribution in [0.5, 0.6) is 0 Å². The second-order valence-electron chi connectivity index (χ2n) is 4.49. The van der Waals surface area contributed by atoms with Crippen LogP contribution in [0.4, 0.5) is 0 Å². The molecule has 2 rings (SSSR count). The van der Waals surface area contributed by atoms with Crippen LogP contribution in [0, 0.1) is 11.8 Å². The van der Waals surface area contributed by atoms with E-state index in [0.29, 0.717) is 5.56 Å². The zero-order valence-corrected chi connectivity index (χ0v) is 12.6. The van der Waals surface area contributed by atoms with Gasteiger partial charge in [-0.05, 0) is 48.6 Å². The van der Waals surface area contributed by atoms with Gasteiger partial charge in [0.2, 0.25) is 10.0 Å². The van der Waals surface area contributed by atoms with Crippen molar-refractivity contribution in [3.05, 3.63) is 29.8 Å². The highest BCUT2D eigenvalue weighted by molar-refractivity contribution is 7.99. The highest BCUT2D eigenvalue weighted by Crippen LogP contribution is 2.19. The quantitative estimate of drug-likeness (QED) is 0.823. The first-order chi connectivity index (χ1) is 9.62. The van der Waals surface area contributed by atoms with Crippen LogP contribution < -0.4 is 4.72 Å². The summed E-state index contributed by atoms with van der Waals surface area (Å²) in [5.74, 6) is 7.27. The number of thioether (sulfide) groups is 1. The molecule has 0 amide bonds. The summed E-state index contributed by atoms with van der Waals surface area (Å²) in [5.41, 5.74) is 0.687. The number of aliphatic hydroxyl groups excluding tert-OH is 1. The first-order valence-electron chi connectivity index (χ1n) is 6.42. The smallest absolute Gasteiger partial charge is 0.240 e. The summed E-state index contributed by atoms with van der Waals surface area (Å²) in [6.07, 6.45) is 1.76. The van der Waals surface area contributed by atoms with Gasteiger partial charge in [-0.2, -0.15) is 11.8 Å². The number of aliphatic hydroxyl groups is 1. The maximum atomic E-state index is 12.2. The average Bonchev–Trinajstić information content (AvgIpc) is 2.46. The van der Waals surface area contributed by atoms with Crippen LogP contribution in [0.25, 0.3) is 0 Å². The van der Waals surface area contributed by atoms with Crippen molar-refractivity contribution in [3.8, 4) is 11.8 Å². The van der Waals surface area contributed by atoms with Crippen molar-refractivity contribution in [1.82, 2.24) is 4.72 Å². The van der Waals surface area contributed by atoms with Crippen LogP contribution >= 0.6 is 11.8 Å². The van der Waals surface area contributed by atoms with Crippen molar-refractivity contribution >= 4 is 21.8 Å². The molecule has 1 aliphatic rings. The largest absolute Gasteiger partial charge is 0.384 e. The molecule has 6 heteroatoms. The van der Waals surface area contributed by atoms with E-state index < -0.39 is 10.0 Å². The SMILES string of the molecule is O=S(=O)(NC1CCSCC1)c1ccc(C#CCO)cc1. The standard InChI is InChI=1S/C14H17NO3S2/c16-9-1-2-12-3-5-14(6-4-12)20(17,18)15-13-7-10-19-11-8-13/h3-6,13,15-16H,7-11H2. The van der Waals surface area contributed by atoms with E-state index in [9.17, 15) is 8.42 Å². The van der Waals surface area contributed by atoms with Gasteiger partial charge in [0, 0.05) is 11.6 Å². The molecule has 2 N–H and O–H groups in total. The minimum absolute atomic E-state index is 0.0371. The van der Waals surface area contributed by atoms with Gasteiger partial charge in [0.1, 0.15) is 6.61 Å². The molecular formula is C14H17NO3S2. The molecule has 1 aromatic carbocycles. The number of sulfonamides is 1. The molecule has 0 radical (unpaired) electrons. The van der Waals surface area contributed by atoms with Gasteiger partial charge in [0.25, 0.3) is 0 Å². The lowest BCUT2D eigenvalue weighted by molar-refractivity contribution is 0.350. The van der Waals surface area contributed by atoms with E-state index >= 15 is 0 Å². The Bertz CT molecular complexity index is 594. The molecule has 108 valence electrons. The van der Waals surface area contributed by atoms with E-state index in [0.717, 1.165) is 24.3 Å². The second-order valence-corrected chi connectivity index (χ2v) is 7.43. The van der Waals surface area contributed by atoms with Crippen molar-refractivity contribution in [3.63, 3.8) is 0 Å². The third-order valence-electron chi connectivity index (χ3n) is 3.02. The molecule has 1 aliphatic heterocycles. The Labute approximate surface area is 124 Å². The van der Waals surface area contributed by atoms with Crippen molar-refractivity contribution in [1.29, 1.82) is 0 Å². The van der Waals surface area contributed by atoms with Crippen molar-refractivity contribution < 1.29 is 13.5 Å². The van der Waals surface area contributed by atoms with Crippen molar-refractivity contribution in [2.75, 3.05) is 18.1 Å². The summed E-state index contributed by atoms with van der Waals surface area (Å²) in [5, 5.41) is 8.61. The van der Waals surface area contributed by atoms with Gasteiger partial charge in [0.15, 0.2) is 0 Å².